The number of benzene rings is 1. The molecule has 0 aliphatic rings. The lowest BCUT2D eigenvalue weighted by molar-refractivity contribution is 0.473. The Labute approximate surface area is 95.9 Å². The maximum absolute atomic E-state index is 9.32. The molecule has 0 bridgehead atoms. The first-order valence-electron chi connectivity index (χ1n) is 4.49. The molecule has 4 heteroatoms. The minimum atomic E-state index is -0.263. The van der Waals surface area contributed by atoms with Gasteiger partial charge in [-0.2, -0.15) is 5.26 Å². The van der Waals surface area contributed by atoms with Gasteiger partial charge in [0, 0.05) is 6.04 Å². The zero-order valence-electron chi connectivity index (χ0n) is 8.82. The standard InChI is InChI=1S/C11H14N2O.ClH/c1-7-5-9(14)6-8(2)11(7)10(13)3-4-12;/h5-6,10,14H,3,13H2,1-2H3;1H/t10-;/m1./s1. The monoisotopic (exact) mass is 226 g/mol. The molecule has 82 valence electrons. The van der Waals surface area contributed by atoms with Crippen LogP contribution in [0.4, 0.5) is 0 Å². The second-order valence-corrected chi connectivity index (χ2v) is 3.46. The first-order chi connectivity index (χ1) is 6.56. The van der Waals surface area contributed by atoms with Crippen molar-refractivity contribution in [2.75, 3.05) is 0 Å². The molecule has 1 rings (SSSR count). The van der Waals surface area contributed by atoms with Crippen molar-refractivity contribution >= 4 is 12.4 Å². The number of halogens is 1. The number of hydrogen-bond acceptors (Lipinski definition) is 3. The van der Waals surface area contributed by atoms with Crippen LogP contribution in [-0.2, 0) is 0 Å². The van der Waals surface area contributed by atoms with Gasteiger partial charge in [-0.05, 0) is 42.7 Å². The van der Waals surface area contributed by atoms with Crippen LogP contribution in [0, 0.1) is 25.2 Å². The predicted octanol–water partition coefficient (Wildman–Crippen LogP) is 2.34. The molecule has 0 aliphatic carbocycles. The predicted molar refractivity (Wildman–Crippen MR) is 62.0 cm³/mol. The van der Waals surface area contributed by atoms with Crippen LogP contribution < -0.4 is 5.73 Å². The fourth-order valence-corrected chi connectivity index (χ4v) is 1.74. The summed E-state index contributed by atoms with van der Waals surface area (Å²) in [6, 6.07) is 5.12. The molecule has 0 radical (unpaired) electrons. The van der Waals surface area contributed by atoms with Crippen LogP contribution in [0.1, 0.15) is 29.2 Å². The fraction of sp³-hybridized carbons (Fsp3) is 0.364. The van der Waals surface area contributed by atoms with Gasteiger partial charge < -0.3 is 10.8 Å². The summed E-state index contributed by atoms with van der Waals surface area (Å²) in [5.41, 5.74) is 8.69. The van der Waals surface area contributed by atoms with Crippen LogP contribution in [0.25, 0.3) is 0 Å². The highest BCUT2D eigenvalue weighted by molar-refractivity contribution is 5.85. The van der Waals surface area contributed by atoms with Gasteiger partial charge in [-0.1, -0.05) is 0 Å². The molecule has 15 heavy (non-hydrogen) atoms. The lowest BCUT2D eigenvalue weighted by Crippen LogP contribution is -2.12. The van der Waals surface area contributed by atoms with Crippen LogP contribution in [0.5, 0.6) is 5.75 Å². The van der Waals surface area contributed by atoms with Crippen molar-refractivity contribution in [3.05, 3.63) is 28.8 Å². The Morgan fingerprint density at radius 2 is 1.87 bits per heavy atom. The Balaban J connectivity index is 0.00000196. The maximum atomic E-state index is 9.32. The number of aryl methyl sites for hydroxylation is 2. The third-order valence-electron chi connectivity index (χ3n) is 2.26. The average molecular weight is 227 g/mol. The number of phenolic OH excluding ortho intramolecular Hbond substituents is 1. The summed E-state index contributed by atoms with van der Waals surface area (Å²) in [6.07, 6.45) is 0.298. The van der Waals surface area contributed by atoms with Crippen molar-refractivity contribution < 1.29 is 5.11 Å². The number of aromatic hydroxyl groups is 1. The number of nitriles is 1. The van der Waals surface area contributed by atoms with E-state index in [2.05, 4.69) is 0 Å². The lowest BCUT2D eigenvalue weighted by Gasteiger charge is -2.15. The minimum Gasteiger partial charge on any atom is -0.508 e. The molecule has 3 nitrogen and oxygen atoms in total. The van der Waals surface area contributed by atoms with E-state index in [0.717, 1.165) is 16.7 Å². The third kappa shape index (κ3) is 3.12. The van der Waals surface area contributed by atoms with Gasteiger partial charge in [0.25, 0.3) is 0 Å². The smallest absolute Gasteiger partial charge is 0.116 e. The first-order valence-corrected chi connectivity index (χ1v) is 4.49. The van der Waals surface area contributed by atoms with Crippen LogP contribution >= 0.6 is 12.4 Å². The molecule has 0 amide bonds. The summed E-state index contributed by atoms with van der Waals surface area (Å²) in [6.45, 7) is 3.78. The van der Waals surface area contributed by atoms with E-state index in [1.165, 1.54) is 0 Å². The molecular formula is C11H15ClN2O. The molecule has 0 heterocycles. The van der Waals surface area contributed by atoms with Gasteiger partial charge in [0.15, 0.2) is 0 Å². The summed E-state index contributed by atoms with van der Waals surface area (Å²) in [5.74, 6) is 0.243. The summed E-state index contributed by atoms with van der Waals surface area (Å²) in [5, 5.41) is 17.9. The van der Waals surface area contributed by atoms with E-state index in [4.69, 9.17) is 11.0 Å². The van der Waals surface area contributed by atoms with E-state index in [-0.39, 0.29) is 24.2 Å². The summed E-state index contributed by atoms with van der Waals surface area (Å²) >= 11 is 0. The van der Waals surface area contributed by atoms with Gasteiger partial charge in [0.2, 0.25) is 0 Å². The molecule has 0 fully saturated rings. The largest absolute Gasteiger partial charge is 0.508 e. The van der Waals surface area contributed by atoms with Gasteiger partial charge in [0.1, 0.15) is 5.75 Å². The molecule has 3 N–H and O–H groups in total. The van der Waals surface area contributed by atoms with Crippen molar-refractivity contribution in [2.24, 2.45) is 5.73 Å². The lowest BCUT2D eigenvalue weighted by atomic mass is 9.95. The third-order valence-corrected chi connectivity index (χ3v) is 2.26. The van der Waals surface area contributed by atoms with Crippen molar-refractivity contribution in [3.8, 4) is 11.8 Å². The van der Waals surface area contributed by atoms with E-state index in [1.807, 2.05) is 19.9 Å². The zero-order chi connectivity index (χ0) is 10.7. The minimum absolute atomic E-state index is 0. The van der Waals surface area contributed by atoms with E-state index in [9.17, 15) is 5.11 Å². The molecule has 0 aromatic heterocycles. The molecule has 0 saturated carbocycles. The van der Waals surface area contributed by atoms with Crippen molar-refractivity contribution in [1.29, 1.82) is 5.26 Å². The van der Waals surface area contributed by atoms with Crippen molar-refractivity contribution in [2.45, 2.75) is 26.3 Å². The molecule has 1 aromatic rings. The highest BCUT2D eigenvalue weighted by Crippen LogP contribution is 2.26. The van der Waals surface area contributed by atoms with Crippen molar-refractivity contribution in [3.63, 3.8) is 0 Å². The number of phenols is 1. The topological polar surface area (TPSA) is 70.0 Å². The Morgan fingerprint density at radius 1 is 1.40 bits per heavy atom. The fourth-order valence-electron chi connectivity index (χ4n) is 1.74. The molecule has 0 saturated heterocycles. The molecule has 1 aromatic carbocycles. The average Bonchev–Trinajstić information content (AvgIpc) is 2.01. The Kier molecular flexibility index (Phi) is 5.13. The van der Waals surface area contributed by atoms with Gasteiger partial charge in [-0.3, -0.25) is 0 Å². The number of nitrogens with zero attached hydrogens (tertiary/aromatic N) is 1. The molecule has 0 spiro atoms. The van der Waals surface area contributed by atoms with Gasteiger partial charge in [0.05, 0.1) is 12.5 Å². The van der Waals surface area contributed by atoms with Crippen molar-refractivity contribution in [1.82, 2.24) is 0 Å². The molecule has 1 atom stereocenters. The maximum Gasteiger partial charge on any atom is 0.116 e. The number of hydrogen-bond donors (Lipinski definition) is 2. The quantitative estimate of drug-likeness (QED) is 0.813. The highest BCUT2D eigenvalue weighted by atomic mass is 35.5. The van der Waals surface area contributed by atoms with Crippen LogP contribution in [0.2, 0.25) is 0 Å². The Hall–Kier alpha value is -1.24. The summed E-state index contributed by atoms with van der Waals surface area (Å²) < 4.78 is 0. The van der Waals surface area contributed by atoms with E-state index in [0.29, 0.717) is 6.42 Å². The second kappa shape index (κ2) is 5.59. The Morgan fingerprint density at radius 3 is 2.27 bits per heavy atom. The van der Waals surface area contributed by atoms with Crippen LogP contribution in [-0.4, -0.2) is 5.11 Å². The summed E-state index contributed by atoms with van der Waals surface area (Å²) in [7, 11) is 0. The first kappa shape index (κ1) is 13.8. The number of rotatable bonds is 2. The normalized spacial score (nSPS) is 11.3. The van der Waals surface area contributed by atoms with E-state index in [1.54, 1.807) is 12.1 Å². The highest BCUT2D eigenvalue weighted by Gasteiger charge is 2.12. The van der Waals surface area contributed by atoms with Gasteiger partial charge in [-0.15, -0.1) is 12.4 Å². The Bertz CT molecular complexity index is 362. The van der Waals surface area contributed by atoms with E-state index < -0.39 is 0 Å². The van der Waals surface area contributed by atoms with Gasteiger partial charge in [-0.25, -0.2) is 0 Å². The zero-order valence-corrected chi connectivity index (χ0v) is 9.64. The van der Waals surface area contributed by atoms with Gasteiger partial charge >= 0.3 is 0 Å². The molecule has 0 unspecified atom stereocenters. The SMILES string of the molecule is Cc1cc(O)cc(C)c1[C@H](N)CC#N.Cl. The van der Waals surface area contributed by atoms with Crippen LogP contribution in [0.15, 0.2) is 12.1 Å². The van der Waals surface area contributed by atoms with E-state index >= 15 is 0 Å². The molecular weight excluding hydrogens is 212 g/mol. The summed E-state index contributed by atoms with van der Waals surface area (Å²) in [4.78, 5) is 0. The second-order valence-electron chi connectivity index (χ2n) is 3.46. The molecule has 0 aliphatic heterocycles. The number of nitrogens with two attached hydrogens (primary N) is 1. The van der Waals surface area contributed by atoms with Crippen LogP contribution in [0.3, 0.4) is 0 Å².